The van der Waals surface area contributed by atoms with Crippen molar-refractivity contribution in [2.75, 3.05) is 25.6 Å². The van der Waals surface area contributed by atoms with Gasteiger partial charge in [-0.15, -0.1) is 11.3 Å². The molecule has 0 unspecified atom stereocenters. The van der Waals surface area contributed by atoms with Gasteiger partial charge >= 0.3 is 0 Å². The third kappa shape index (κ3) is 3.43. The molecule has 7 heteroatoms. The van der Waals surface area contributed by atoms with E-state index in [9.17, 15) is 10.1 Å². The predicted octanol–water partition coefficient (Wildman–Crippen LogP) is 3.35. The number of nitrogens with one attached hydrogen (secondary N) is 1. The number of nitrogens with zero attached hydrogens (tertiary/aromatic N) is 2. The van der Waals surface area contributed by atoms with Gasteiger partial charge in [0.25, 0.3) is 5.69 Å². The summed E-state index contributed by atoms with van der Waals surface area (Å²) < 4.78 is 5.82. The van der Waals surface area contributed by atoms with E-state index >= 15 is 0 Å². The molecule has 20 heavy (non-hydrogen) atoms. The second-order valence-electron chi connectivity index (χ2n) is 4.45. The van der Waals surface area contributed by atoms with Crippen molar-refractivity contribution in [3.8, 4) is 0 Å². The quantitative estimate of drug-likeness (QED) is 0.481. The van der Waals surface area contributed by atoms with Crippen molar-refractivity contribution >= 4 is 32.9 Å². The van der Waals surface area contributed by atoms with E-state index in [1.807, 2.05) is 6.92 Å². The Morgan fingerprint density at radius 2 is 2.25 bits per heavy atom. The lowest BCUT2D eigenvalue weighted by molar-refractivity contribution is -0.383. The molecule has 0 bridgehead atoms. The van der Waals surface area contributed by atoms with Gasteiger partial charge in [-0.3, -0.25) is 10.1 Å². The maximum Gasteiger partial charge on any atom is 0.293 e. The van der Waals surface area contributed by atoms with Crippen LogP contribution in [0.15, 0.2) is 12.1 Å². The summed E-state index contributed by atoms with van der Waals surface area (Å²) in [5, 5.41) is 15.2. The SMILES string of the molecule is COCCCCNc1cc2nc(C)sc2cc1[N+](=O)[O-]. The molecule has 0 aliphatic carbocycles. The number of aryl methyl sites for hydroxylation is 1. The highest BCUT2D eigenvalue weighted by Crippen LogP contribution is 2.32. The van der Waals surface area contributed by atoms with Crippen LogP contribution in [0.5, 0.6) is 0 Å². The van der Waals surface area contributed by atoms with Crippen LogP contribution >= 0.6 is 11.3 Å². The summed E-state index contributed by atoms with van der Waals surface area (Å²) in [4.78, 5) is 15.1. The van der Waals surface area contributed by atoms with Gasteiger partial charge < -0.3 is 10.1 Å². The summed E-state index contributed by atoms with van der Waals surface area (Å²) in [5.41, 5.74) is 1.44. The molecular weight excluding hydrogens is 278 g/mol. The molecule has 1 N–H and O–H groups in total. The first-order valence-electron chi connectivity index (χ1n) is 6.40. The molecule has 6 nitrogen and oxygen atoms in total. The molecular formula is C13H17N3O3S. The first-order chi connectivity index (χ1) is 9.61. The van der Waals surface area contributed by atoms with Gasteiger partial charge in [0, 0.05) is 26.3 Å². The van der Waals surface area contributed by atoms with Crippen molar-refractivity contribution in [3.05, 3.63) is 27.3 Å². The third-order valence-corrected chi connectivity index (χ3v) is 3.83. The average Bonchev–Trinajstić information content (AvgIpc) is 2.76. The van der Waals surface area contributed by atoms with Crippen LogP contribution in [0.25, 0.3) is 10.2 Å². The van der Waals surface area contributed by atoms with Crippen molar-refractivity contribution in [1.82, 2.24) is 4.98 Å². The summed E-state index contributed by atoms with van der Waals surface area (Å²) in [6.07, 6.45) is 1.83. The first kappa shape index (κ1) is 14.7. The molecule has 0 amide bonds. The normalized spacial score (nSPS) is 10.9. The van der Waals surface area contributed by atoms with E-state index in [2.05, 4.69) is 10.3 Å². The standard InChI is InChI=1S/C13H17N3O3S/c1-9-15-11-7-10(14-5-3-4-6-19-2)12(16(17)18)8-13(11)20-9/h7-8,14H,3-6H2,1-2H3. The topological polar surface area (TPSA) is 77.3 Å². The zero-order valence-corrected chi connectivity index (χ0v) is 12.3. The van der Waals surface area contributed by atoms with Crippen LogP contribution in [0, 0.1) is 17.0 Å². The lowest BCUT2D eigenvalue weighted by Gasteiger charge is -2.07. The Morgan fingerprint density at radius 1 is 1.45 bits per heavy atom. The van der Waals surface area contributed by atoms with E-state index in [1.165, 1.54) is 11.3 Å². The van der Waals surface area contributed by atoms with Crippen LogP contribution in [-0.2, 0) is 4.74 Å². The highest BCUT2D eigenvalue weighted by atomic mass is 32.1. The van der Waals surface area contributed by atoms with E-state index in [-0.39, 0.29) is 10.6 Å². The molecule has 0 saturated carbocycles. The second-order valence-corrected chi connectivity index (χ2v) is 5.69. The highest BCUT2D eigenvalue weighted by Gasteiger charge is 2.16. The summed E-state index contributed by atoms with van der Waals surface area (Å²) >= 11 is 1.47. The van der Waals surface area contributed by atoms with E-state index in [0.717, 1.165) is 28.1 Å². The number of ether oxygens (including phenoxy) is 1. The minimum Gasteiger partial charge on any atom is -0.385 e. The maximum atomic E-state index is 11.1. The molecule has 0 radical (unpaired) electrons. The molecule has 1 heterocycles. The fraction of sp³-hybridized carbons (Fsp3) is 0.462. The lowest BCUT2D eigenvalue weighted by Crippen LogP contribution is -2.05. The Balaban J connectivity index is 2.16. The van der Waals surface area contributed by atoms with Gasteiger partial charge in [-0.2, -0.15) is 0 Å². The van der Waals surface area contributed by atoms with E-state index in [0.29, 0.717) is 18.8 Å². The van der Waals surface area contributed by atoms with Crippen LogP contribution in [-0.4, -0.2) is 30.2 Å². The molecule has 0 aliphatic rings. The molecule has 108 valence electrons. The molecule has 0 atom stereocenters. The number of aromatic nitrogens is 1. The molecule has 1 aromatic carbocycles. The molecule has 0 fully saturated rings. The van der Waals surface area contributed by atoms with Gasteiger partial charge in [0.15, 0.2) is 0 Å². The fourth-order valence-electron chi connectivity index (χ4n) is 1.97. The van der Waals surface area contributed by atoms with Crippen LogP contribution in [0.3, 0.4) is 0 Å². The van der Waals surface area contributed by atoms with Gasteiger partial charge in [0.2, 0.25) is 0 Å². The summed E-state index contributed by atoms with van der Waals surface area (Å²) in [6.45, 7) is 3.28. The largest absolute Gasteiger partial charge is 0.385 e. The van der Waals surface area contributed by atoms with Crippen molar-refractivity contribution in [3.63, 3.8) is 0 Å². The number of unbranched alkanes of at least 4 members (excludes halogenated alkanes) is 1. The van der Waals surface area contributed by atoms with Crippen LogP contribution in [0.4, 0.5) is 11.4 Å². The van der Waals surface area contributed by atoms with E-state index in [1.54, 1.807) is 19.2 Å². The summed E-state index contributed by atoms with van der Waals surface area (Å²) in [6, 6.07) is 3.35. The maximum absolute atomic E-state index is 11.1. The molecule has 0 spiro atoms. The van der Waals surface area contributed by atoms with Crippen LogP contribution in [0.1, 0.15) is 17.8 Å². The number of thiazole rings is 1. The number of nitro groups is 1. The Bertz CT molecular complexity index is 612. The summed E-state index contributed by atoms with van der Waals surface area (Å²) in [7, 11) is 1.66. The molecule has 0 aliphatic heterocycles. The Labute approximate surface area is 120 Å². The number of hydrogen-bond acceptors (Lipinski definition) is 6. The van der Waals surface area contributed by atoms with Crippen molar-refractivity contribution in [2.45, 2.75) is 19.8 Å². The summed E-state index contributed by atoms with van der Waals surface area (Å²) in [5.74, 6) is 0. The van der Waals surface area contributed by atoms with Gasteiger partial charge in [-0.05, 0) is 25.8 Å². The average molecular weight is 295 g/mol. The number of anilines is 1. The monoisotopic (exact) mass is 295 g/mol. The minimum absolute atomic E-state index is 0.105. The molecule has 2 aromatic rings. The highest BCUT2D eigenvalue weighted by molar-refractivity contribution is 7.18. The zero-order valence-electron chi connectivity index (χ0n) is 11.5. The molecule has 0 saturated heterocycles. The van der Waals surface area contributed by atoms with E-state index in [4.69, 9.17) is 4.74 Å². The number of fused-ring (bicyclic) bond motifs is 1. The zero-order chi connectivity index (χ0) is 14.5. The van der Waals surface area contributed by atoms with Gasteiger partial charge in [0.1, 0.15) is 5.69 Å². The van der Waals surface area contributed by atoms with Crippen molar-refractivity contribution in [2.24, 2.45) is 0 Å². The van der Waals surface area contributed by atoms with Gasteiger partial charge in [-0.1, -0.05) is 0 Å². The lowest BCUT2D eigenvalue weighted by atomic mass is 10.2. The Kier molecular flexibility index (Phi) is 4.86. The minimum atomic E-state index is -0.355. The van der Waals surface area contributed by atoms with Gasteiger partial charge in [-0.25, -0.2) is 4.98 Å². The van der Waals surface area contributed by atoms with Crippen molar-refractivity contribution < 1.29 is 9.66 Å². The Hall–Kier alpha value is -1.73. The second kappa shape index (κ2) is 6.62. The molecule has 2 rings (SSSR count). The smallest absolute Gasteiger partial charge is 0.293 e. The number of nitro benzene ring substituents is 1. The third-order valence-electron chi connectivity index (χ3n) is 2.90. The van der Waals surface area contributed by atoms with Crippen molar-refractivity contribution in [1.29, 1.82) is 0 Å². The van der Waals surface area contributed by atoms with Crippen LogP contribution < -0.4 is 5.32 Å². The Morgan fingerprint density at radius 3 is 2.95 bits per heavy atom. The first-order valence-corrected chi connectivity index (χ1v) is 7.22. The number of methoxy groups -OCH3 is 1. The molecule has 1 aromatic heterocycles. The fourth-order valence-corrected chi connectivity index (χ4v) is 2.81. The number of benzene rings is 1. The van der Waals surface area contributed by atoms with E-state index < -0.39 is 0 Å². The number of rotatable bonds is 7. The van der Waals surface area contributed by atoms with Gasteiger partial charge in [0.05, 0.1) is 20.1 Å². The number of hydrogen-bond donors (Lipinski definition) is 1. The predicted molar refractivity (Wildman–Crippen MR) is 80.6 cm³/mol. The van der Waals surface area contributed by atoms with Crippen LogP contribution in [0.2, 0.25) is 0 Å².